The standard InChI is InChI=1S/C32H42O4/c1-6-8-10-12-18-28(33)35-30-24-16-14-15-17-25(24)31(36-29(34)19-13-11-9-7-2)27-22-23(32(3,4)5)20-21-26(27)30/h14-17,20-22H,6-13,18-19H2,1-5H3. The van der Waals surface area contributed by atoms with E-state index < -0.39 is 0 Å². The van der Waals surface area contributed by atoms with E-state index in [4.69, 9.17) is 9.47 Å². The monoisotopic (exact) mass is 490 g/mol. The van der Waals surface area contributed by atoms with Crippen LogP contribution in [-0.2, 0) is 15.0 Å². The third-order valence-electron chi connectivity index (χ3n) is 6.69. The van der Waals surface area contributed by atoms with Gasteiger partial charge in [-0.2, -0.15) is 0 Å². The molecular formula is C32H42O4. The van der Waals surface area contributed by atoms with Crippen LogP contribution >= 0.6 is 0 Å². The van der Waals surface area contributed by atoms with Gasteiger partial charge in [0.1, 0.15) is 11.5 Å². The first kappa shape index (κ1) is 27.7. The normalized spacial score (nSPS) is 11.7. The van der Waals surface area contributed by atoms with Crippen LogP contribution in [0.4, 0.5) is 0 Å². The summed E-state index contributed by atoms with van der Waals surface area (Å²) in [4.78, 5) is 25.7. The molecule has 0 atom stereocenters. The van der Waals surface area contributed by atoms with Crippen LogP contribution in [0.1, 0.15) is 104 Å². The number of esters is 2. The Morgan fingerprint density at radius 2 is 1.11 bits per heavy atom. The van der Waals surface area contributed by atoms with E-state index in [9.17, 15) is 9.59 Å². The minimum Gasteiger partial charge on any atom is -0.425 e. The fraction of sp³-hybridized carbons (Fsp3) is 0.500. The van der Waals surface area contributed by atoms with Gasteiger partial charge in [0.05, 0.1) is 0 Å². The minimum absolute atomic E-state index is 0.0859. The summed E-state index contributed by atoms with van der Waals surface area (Å²) in [5, 5.41) is 3.16. The topological polar surface area (TPSA) is 52.6 Å². The molecule has 0 aromatic heterocycles. The molecule has 0 N–H and O–H groups in total. The molecule has 0 aliphatic rings. The molecule has 0 radical (unpaired) electrons. The Morgan fingerprint density at radius 1 is 0.639 bits per heavy atom. The molecular weight excluding hydrogens is 448 g/mol. The Balaban J connectivity index is 2.07. The van der Waals surface area contributed by atoms with Gasteiger partial charge in [-0.3, -0.25) is 9.59 Å². The summed E-state index contributed by atoms with van der Waals surface area (Å²) in [6.45, 7) is 10.8. The molecule has 3 rings (SSSR count). The van der Waals surface area contributed by atoms with Gasteiger partial charge in [0.2, 0.25) is 0 Å². The van der Waals surface area contributed by atoms with Gasteiger partial charge in [0.25, 0.3) is 0 Å². The summed E-state index contributed by atoms with van der Waals surface area (Å²) in [5.41, 5.74) is 1.04. The maximum atomic E-state index is 12.9. The third-order valence-corrected chi connectivity index (χ3v) is 6.69. The molecule has 0 unspecified atom stereocenters. The number of carbonyl (C=O) groups excluding carboxylic acids is 2. The lowest BCUT2D eigenvalue weighted by Crippen LogP contribution is -2.13. The Bertz CT molecular complexity index is 1190. The lowest BCUT2D eigenvalue weighted by molar-refractivity contribution is -0.135. The first-order valence-corrected chi connectivity index (χ1v) is 13.7. The van der Waals surface area contributed by atoms with E-state index >= 15 is 0 Å². The molecule has 0 aliphatic carbocycles. The predicted molar refractivity (Wildman–Crippen MR) is 149 cm³/mol. The van der Waals surface area contributed by atoms with Gasteiger partial charge < -0.3 is 9.47 Å². The van der Waals surface area contributed by atoms with Gasteiger partial charge in [-0.25, -0.2) is 0 Å². The van der Waals surface area contributed by atoms with Crippen LogP contribution < -0.4 is 9.47 Å². The van der Waals surface area contributed by atoms with Crippen molar-refractivity contribution in [1.29, 1.82) is 0 Å². The van der Waals surface area contributed by atoms with Gasteiger partial charge in [-0.15, -0.1) is 0 Å². The molecule has 3 aromatic carbocycles. The predicted octanol–water partition coefficient (Wildman–Crippen LogP) is 9.04. The highest BCUT2D eigenvalue weighted by atomic mass is 16.5. The van der Waals surface area contributed by atoms with Crippen molar-refractivity contribution in [3.8, 4) is 11.5 Å². The first-order chi connectivity index (χ1) is 17.3. The molecule has 3 aromatic rings. The summed E-state index contributed by atoms with van der Waals surface area (Å²) in [5.74, 6) is 0.650. The molecule has 0 aliphatic heterocycles. The van der Waals surface area contributed by atoms with E-state index in [2.05, 4.69) is 46.8 Å². The van der Waals surface area contributed by atoms with Crippen molar-refractivity contribution in [3.05, 3.63) is 48.0 Å². The van der Waals surface area contributed by atoms with Gasteiger partial charge in [-0.05, 0) is 29.9 Å². The number of fused-ring (bicyclic) bond motifs is 2. The van der Waals surface area contributed by atoms with Crippen molar-refractivity contribution in [1.82, 2.24) is 0 Å². The third kappa shape index (κ3) is 7.09. The molecule has 0 saturated heterocycles. The lowest BCUT2D eigenvalue weighted by atomic mass is 9.85. The van der Waals surface area contributed by atoms with Crippen LogP contribution in [0.25, 0.3) is 21.5 Å². The van der Waals surface area contributed by atoms with Crippen LogP contribution in [0.5, 0.6) is 11.5 Å². The number of unbranched alkanes of at least 4 members (excludes halogenated alkanes) is 6. The second-order valence-electron chi connectivity index (χ2n) is 10.8. The maximum absolute atomic E-state index is 12.9. The van der Waals surface area contributed by atoms with Gasteiger partial charge >= 0.3 is 11.9 Å². The summed E-state index contributed by atoms with van der Waals surface area (Å²) >= 11 is 0. The molecule has 0 bridgehead atoms. The van der Waals surface area contributed by atoms with E-state index in [1.165, 1.54) is 0 Å². The number of benzene rings is 3. The second kappa shape index (κ2) is 12.9. The summed E-state index contributed by atoms with van der Waals surface area (Å²) in [6, 6.07) is 13.9. The largest absolute Gasteiger partial charge is 0.425 e. The van der Waals surface area contributed by atoms with E-state index in [0.717, 1.165) is 78.5 Å². The Kier molecular flexibility index (Phi) is 9.92. The highest BCUT2D eigenvalue weighted by Crippen LogP contribution is 2.44. The van der Waals surface area contributed by atoms with Crippen LogP contribution in [0.15, 0.2) is 42.5 Å². The Morgan fingerprint density at radius 3 is 1.58 bits per heavy atom. The molecule has 0 amide bonds. The van der Waals surface area contributed by atoms with E-state index in [0.29, 0.717) is 24.3 Å². The number of carbonyl (C=O) groups is 2. The average Bonchev–Trinajstić information content (AvgIpc) is 2.85. The quantitative estimate of drug-likeness (QED) is 0.110. The summed E-state index contributed by atoms with van der Waals surface area (Å²) in [7, 11) is 0. The molecule has 0 saturated carbocycles. The number of ether oxygens (including phenoxy) is 2. The highest BCUT2D eigenvalue weighted by molar-refractivity contribution is 6.12. The first-order valence-electron chi connectivity index (χ1n) is 13.7. The Hall–Kier alpha value is -2.88. The van der Waals surface area contributed by atoms with Crippen molar-refractivity contribution in [2.45, 2.75) is 104 Å². The molecule has 0 fully saturated rings. The molecule has 4 heteroatoms. The zero-order valence-corrected chi connectivity index (χ0v) is 22.7. The average molecular weight is 491 g/mol. The fourth-order valence-corrected chi connectivity index (χ4v) is 4.51. The molecule has 0 spiro atoms. The highest BCUT2D eigenvalue weighted by Gasteiger charge is 2.22. The zero-order chi connectivity index (χ0) is 26.1. The van der Waals surface area contributed by atoms with Crippen LogP contribution in [0, 0.1) is 0 Å². The van der Waals surface area contributed by atoms with Crippen LogP contribution in [0.2, 0.25) is 0 Å². The van der Waals surface area contributed by atoms with Crippen molar-refractivity contribution in [3.63, 3.8) is 0 Å². The van der Waals surface area contributed by atoms with Gasteiger partial charge in [0.15, 0.2) is 0 Å². The van der Waals surface area contributed by atoms with Crippen LogP contribution in [-0.4, -0.2) is 11.9 Å². The van der Waals surface area contributed by atoms with E-state index in [1.807, 2.05) is 30.3 Å². The van der Waals surface area contributed by atoms with Crippen LogP contribution in [0.3, 0.4) is 0 Å². The van der Waals surface area contributed by atoms with Crippen molar-refractivity contribution < 1.29 is 19.1 Å². The smallest absolute Gasteiger partial charge is 0.311 e. The van der Waals surface area contributed by atoms with Gasteiger partial charge in [-0.1, -0.05) is 110 Å². The number of rotatable bonds is 12. The lowest BCUT2D eigenvalue weighted by Gasteiger charge is -2.22. The summed E-state index contributed by atoms with van der Waals surface area (Å²) < 4.78 is 12.1. The molecule has 36 heavy (non-hydrogen) atoms. The van der Waals surface area contributed by atoms with E-state index in [-0.39, 0.29) is 17.4 Å². The summed E-state index contributed by atoms with van der Waals surface area (Å²) in [6.07, 6.45) is 8.96. The SMILES string of the molecule is CCCCCCC(=O)Oc1c2ccccc2c(OC(=O)CCCCCC)c2cc(C(C)(C)C)ccc12. The van der Waals surface area contributed by atoms with Gasteiger partial charge in [0, 0.05) is 34.4 Å². The molecule has 194 valence electrons. The number of hydrogen-bond acceptors (Lipinski definition) is 4. The van der Waals surface area contributed by atoms with Crippen molar-refractivity contribution >= 4 is 33.5 Å². The van der Waals surface area contributed by atoms with Crippen molar-refractivity contribution in [2.24, 2.45) is 0 Å². The second-order valence-corrected chi connectivity index (χ2v) is 10.8. The fourth-order valence-electron chi connectivity index (χ4n) is 4.51. The maximum Gasteiger partial charge on any atom is 0.311 e. The zero-order valence-electron chi connectivity index (χ0n) is 22.7. The Labute approximate surface area is 216 Å². The minimum atomic E-state index is -0.224. The number of hydrogen-bond donors (Lipinski definition) is 0. The molecule has 4 nitrogen and oxygen atoms in total. The molecule has 0 heterocycles. The van der Waals surface area contributed by atoms with Crippen molar-refractivity contribution in [2.75, 3.05) is 0 Å². The van der Waals surface area contributed by atoms with E-state index in [1.54, 1.807) is 0 Å².